The number of hydrogen-bond acceptors (Lipinski definition) is 5. The second-order valence-electron chi connectivity index (χ2n) is 2.68. The van der Waals surface area contributed by atoms with Gasteiger partial charge in [0.1, 0.15) is 11.3 Å². The molecular weight excluding hydrogens is 313 g/mol. The number of aryl methyl sites for hydroxylation is 1. The van der Waals surface area contributed by atoms with Gasteiger partial charge in [0.25, 0.3) is 0 Å². The highest BCUT2D eigenvalue weighted by molar-refractivity contribution is 14.1. The number of hydrogen-bond donors (Lipinski definition) is 1. The van der Waals surface area contributed by atoms with Gasteiger partial charge >= 0.3 is 0 Å². The molecule has 7 heteroatoms. The summed E-state index contributed by atoms with van der Waals surface area (Å²) in [7, 11) is 1.90. The maximum Gasteiger partial charge on any atom is 0.224 e. The molecule has 0 spiro atoms. The minimum absolute atomic E-state index is 0.695. The molecule has 2 rings (SSSR count). The minimum Gasteiger partial charge on any atom is -0.348 e. The molecule has 0 aliphatic heterocycles. The van der Waals surface area contributed by atoms with Crippen LogP contribution in [0.5, 0.6) is 0 Å². The van der Waals surface area contributed by atoms with Crippen LogP contribution < -0.4 is 5.32 Å². The molecule has 2 aromatic rings. The number of rotatable bonds is 3. The van der Waals surface area contributed by atoms with Crippen LogP contribution in [0.3, 0.4) is 0 Å². The Hall–Kier alpha value is -0.700. The van der Waals surface area contributed by atoms with Crippen molar-refractivity contribution in [3.8, 4) is 0 Å². The van der Waals surface area contributed by atoms with E-state index in [2.05, 4.69) is 43.1 Å². The van der Waals surface area contributed by atoms with Crippen molar-refractivity contribution in [1.82, 2.24) is 19.7 Å². The molecule has 0 amide bonds. The van der Waals surface area contributed by atoms with Gasteiger partial charge in [0, 0.05) is 7.05 Å². The van der Waals surface area contributed by atoms with Gasteiger partial charge in [-0.3, -0.25) is 0 Å². The monoisotopic (exact) mass is 321 g/mol. The first-order valence-electron chi connectivity index (χ1n) is 3.94. The van der Waals surface area contributed by atoms with Crippen LogP contribution in [0.2, 0.25) is 0 Å². The number of nitrogens with one attached hydrogen (secondary N) is 1. The van der Waals surface area contributed by atoms with E-state index in [0.717, 1.165) is 11.0 Å². The van der Waals surface area contributed by atoms with E-state index < -0.39 is 0 Å². The van der Waals surface area contributed by atoms with Gasteiger partial charge in [0.15, 0.2) is 0 Å². The molecule has 2 aromatic heterocycles. The summed E-state index contributed by atoms with van der Waals surface area (Å²) in [6.45, 7) is 0.695. The van der Waals surface area contributed by atoms with Gasteiger partial charge in [-0.05, 0) is 22.6 Å². The average molecular weight is 321 g/mol. The Morgan fingerprint density at radius 2 is 2.50 bits per heavy atom. The molecule has 74 valence electrons. The fourth-order valence-electron chi connectivity index (χ4n) is 0.968. The van der Waals surface area contributed by atoms with Gasteiger partial charge in [0.2, 0.25) is 5.95 Å². The number of halogens is 1. The minimum atomic E-state index is 0.695. The molecule has 14 heavy (non-hydrogen) atoms. The Balaban J connectivity index is 1.98. The molecule has 5 nitrogen and oxygen atoms in total. The van der Waals surface area contributed by atoms with Crippen molar-refractivity contribution in [3.05, 3.63) is 20.4 Å². The molecule has 0 aromatic carbocycles. The van der Waals surface area contributed by atoms with Crippen LogP contribution in [0.25, 0.3) is 0 Å². The lowest BCUT2D eigenvalue weighted by Crippen LogP contribution is -2.04. The van der Waals surface area contributed by atoms with E-state index >= 15 is 0 Å². The molecule has 0 fully saturated rings. The number of anilines is 1. The van der Waals surface area contributed by atoms with Crippen molar-refractivity contribution in [2.24, 2.45) is 7.05 Å². The molecule has 0 atom stereocenters. The van der Waals surface area contributed by atoms with Crippen molar-refractivity contribution in [2.45, 2.75) is 6.54 Å². The first kappa shape index (κ1) is 9.84. The highest BCUT2D eigenvalue weighted by Gasteiger charge is 2.02. The van der Waals surface area contributed by atoms with Crippen molar-refractivity contribution in [3.63, 3.8) is 0 Å². The summed E-state index contributed by atoms with van der Waals surface area (Å²) in [5, 5.41) is 11.9. The van der Waals surface area contributed by atoms with E-state index in [1.807, 2.05) is 17.8 Å². The topological polar surface area (TPSA) is 55.6 Å². The molecule has 0 aliphatic rings. The third-order valence-corrected chi connectivity index (χ3v) is 3.36. The van der Waals surface area contributed by atoms with Gasteiger partial charge in [-0.2, -0.15) is 0 Å². The molecule has 0 bridgehead atoms. The van der Waals surface area contributed by atoms with E-state index in [4.69, 9.17) is 0 Å². The Labute approximate surface area is 98.7 Å². The summed E-state index contributed by atoms with van der Waals surface area (Å²) in [4.78, 5) is 4.24. The Morgan fingerprint density at radius 3 is 3.07 bits per heavy atom. The van der Waals surface area contributed by atoms with Crippen molar-refractivity contribution in [2.75, 3.05) is 5.32 Å². The quantitative estimate of drug-likeness (QED) is 0.871. The zero-order chi connectivity index (χ0) is 9.97. The van der Waals surface area contributed by atoms with E-state index in [9.17, 15) is 0 Å². The Bertz CT molecular complexity index is 423. The lowest BCUT2D eigenvalue weighted by atomic mass is 10.6. The molecule has 1 N–H and O–H groups in total. The van der Waals surface area contributed by atoms with Gasteiger partial charge in [-0.1, -0.05) is 0 Å². The maximum absolute atomic E-state index is 4.24. The highest BCUT2D eigenvalue weighted by Crippen LogP contribution is 2.15. The first-order valence-corrected chi connectivity index (χ1v) is 5.83. The van der Waals surface area contributed by atoms with Crippen LogP contribution in [-0.2, 0) is 13.6 Å². The zero-order valence-electron chi connectivity index (χ0n) is 7.44. The number of thiazole rings is 1. The van der Waals surface area contributed by atoms with E-state index in [-0.39, 0.29) is 0 Å². The van der Waals surface area contributed by atoms with Crippen LogP contribution in [-0.4, -0.2) is 19.7 Å². The first-order chi connectivity index (χ1) is 6.75. The summed E-state index contributed by atoms with van der Waals surface area (Å²) in [6, 6.07) is 0. The summed E-state index contributed by atoms with van der Waals surface area (Å²) in [6.07, 6.45) is 3.52. The zero-order valence-corrected chi connectivity index (χ0v) is 10.4. The van der Waals surface area contributed by atoms with Gasteiger partial charge in [0.05, 0.1) is 15.6 Å². The number of nitrogens with zero attached hydrogens (tertiary/aromatic N) is 4. The smallest absolute Gasteiger partial charge is 0.224 e. The van der Waals surface area contributed by atoms with Gasteiger partial charge in [-0.25, -0.2) is 4.98 Å². The molecule has 0 radical (unpaired) electrons. The fourth-order valence-corrected chi connectivity index (χ4v) is 2.45. The number of aromatic nitrogens is 4. The predicted octanol–water partition coefficient (Wildman–Crippen LogP) is 1.49. The summed E-state index contributed by atoms with van der Waals surface area (Å²) in [5.74, 6) is 0.759. The summed E-state index contributed by atoms with van der Waals surface area (Å²) < 4.78 is 3.02. The lowest BCUT2D eigenvalue weighted by molar-refractivity contribution is 0.896. The Kier molecular flexibility index (Phi) is 2.96. The fraction of sp³-hybridized carbons (Fsp3) is 0.286. The van der Waals surface area contributed by atoms with Crippen LogP contribution in [0.1, 0.15) is 5.01 Å². The lowest BCUT2D eigenvalue weighted by Gasteiger charge is -2.01. The van der Waals surface area contributed by atoms with Crippen LogP contribution in [0, 0.1) is 2.88 Å². The van der Waals surface area contributed by atoms with Crippen molar-refractivity contribution in [1.29, 1.82) is 0 Å². The summed E-state index contributed by atoms with van der Waals surface area (Å²) in [5.41, 5.74) is 0. The van der Waals surface area contributed by atoms with E-state index in [0.29, 0.717) is 6.54 Å². The van der Waals surface area contributed by atoms with Crippen molar-refractivity contribution >= 4 is 39.9 Å². The Morgan fingerprint density at radius 1 is 1.64 bits per heavy atom. The molecule has 0 saturated carbocycles. The van der Waals surface area contributed by atoms with Gasteiger partial charge < -0.3 is 9.88 Å². The average Bonchev–Trinajstić information content (AvgIpc) is 2.72. The molecular formula is C7H8IN5S. The summed E-state index contributed by atoms with van der Waals surface area (Å²) >= 11 is 3.93. The van der Waals surface area contributed by atoms with E-state index in [1.165, 1.54) is 2.88 Å². The van der Waals surface area contributed by atoms with Gasteiger partial charge in [-0.15, -0.1) is 21.5 Å². The van der Waals surface area contributed by atoms with E-state index in [1.54, 1.807) is 17.7 Å². The third kappa shape index (κ3) is 2.21. The van der Waals surface area contributed by atoms with Crippen LogP contribution in [0.15, 0.2) is 12.5 Å². The molecule has 0 aliphatic carbocycles. The predicted molar refractivity (Wildman–Crippen MR) is 63.2 cm³/mol. The van der Waals surface area contributed by atoms with Crippen LogP contribution in [0.4, 0.5) is 5.95 Å². The normalized spacial score (nSPS) is 10.4. The van der Waals surface area contributed by atoms with Crippen LogP contribution >= 0.6 is 33.9 Å². The maximum atomic E-state index is 4.24. The standard InChI is InChI=1S/C7H8IN5S/c1-13-4-11-12-7(13)10-3-6-9-2-5(8)14-6/h2,4H,3H2,1H3,(H,10,12). The second kappa shape index (κ2) is 4.22. The highest BCUT2D eigenvalue weighted by atomic mass is 127. The second-order valence-corrected chi connectivity index (χ2v) is 5.69. The molecule has 2 heterocycles. The third-order valence-electron chi connectivity index (χ3n) is 1.63. The molecule has 0 unspecified atom stereocenters. The SMILES string of the molecule is Cn1cnnc1NCc1ncc(I)s1. The van der Waals surface area contributed by atoms with Crippen molar-refractivity contribution < 1.29 is 0 Å². The molecule has 0 saturated heterocycles. The largest absolute Gasteiger partial charge is 0.348 e.